The molecule has 6 nitrogen and oxygen atoms in total. The summed E-state index contributed by atoms with van der Waals surface area (Å²) in [6, 6.07) is 0. The number of fused-ring (bicyclic) bond motifs is 1. The Morgan fingerprint density at radius 2 is 2.05 bits per heavy atom. The molecule has 1 aliphatic rings. The van der Waals surface area contributed by atoms with Crippen molar-refractivity contribution in [2.75, 3.05) is 19.7 Å². The van der Waals surface area contributed by atoms with Gasteiger partial charge in [0.15, 0.2) is 5.65 Å². The van der Waals surface area contributed by atoms with Gasteiger partial charge in [0.2, 0.25) is 0 Å². The quantitative estimate of drug-likeness (QED) is 0.897. The van der Waals surface area contributed by atoms with Crippen LogP contribution in [0.3, 0.4) is 0 Å². The molecule has 2 aromatic heterocycles. The maximum atomic E-state index is 9.15. The minimum absolute atomic E-state index is 0.190. The van der Waals surface area contributed by atoms with Gasteiger partial charge in [0.05, 0.1) is 11.6 Å². The summed E-state index contributed by atoms with van der Waals surface area (Å²) in [6.07, 6.45) is 10.9. The molecule has 3 heterocycles. The van der Waals surface area contributed by atoms with E-state index in [9.17, 15) is 0 Å². The first-order chi connectivity index (χ1) is 9.90. The van der Waals surface area contributed by atoms with Crippen LogP contribution < -0.4 is 0 Å². The van der Waals surface area contributed by atoms with Crippen LogP contribution in [0.5, 0.6) is 0 Å². The van der Waals surface area contributed by atoms with Gasteiger partial charge in [-0.3, -0.25) is 4.90 Å². The van der Waals surface area contributed by atoms with Crippen LogP contribution in [0.1, 0.15) is 38.3 Å². The number of nitrogens with zero attached hydrogens (tertiary/aromatic N) is 5. The molecule has 6 heteroatoms. The molecule has 0 spiro atoms. The number of aromatic nitrogens is 4. The molecule has 1 saturated heterocycles. The van der Waals surface area contributed by atoms with Crippen molar-refractivity contribution < 1.29 is 5.11 Å². The molecule has 1 unspecified atom stereocenters. The third-order valence-electron chi connectivity index (χ3n) is 3.97. The van der Waals surface area contributed by atoms with E-state index in [0.717, 1.165) is 37.0 Å². The average molecular weight is 275 g/mol. The third kappa shape index (κ3) is 2.66. The molecule has 0 radical (unpaired) electrons. The molecule has 108 valence electrons. The number of hydrogen-bond donors (Lipinski definition) is 1. The van der Waals surface area contributed by atoms with Crippen molar-refractivity contribution in [2.24, 2.45) is 0 Å². The summed E-state index contributed by atoms with van der Waals surface area (Å²) in [6.45, 7) is 2.42. The van der Waals surface area contributed by atoms with Gasteiger partial charge >= 0.3 is 0 Å². The molecule has 0 aliphatic carbocycles. The predicted molar refractivity (Wildman–Crippen MR) is 76.1 cm³/mol. The molecule has 1 N–H and O–H groups in total. The molecule has 1 atom stereocenters. The SMILES string of the molecule is OCCCC(N1CCCCC1)n1ncc2cncnc21. The van der Waals surface area contributed by atoms with Gasteiger partial charge in [-0.2, -0.15) is 5.10 Å². The molecule has 2 aromatic rings. The monoisotopic (exact) mass is 275 g/mol. The highest BCUT2D eigenvalue weighted by molar-refractivity contribution is 5.72. The fourth-order valence-corrected chi connectivity index (χ4v) is 2.96. The molecular formula is C14H21N5O. The normalized spacial score (nSPS) is 18.4. The second kappa shape index (κ2) is 6.28. The van der Waals surface area contributed by atoms with E-state index in [4.69, 9.17) is 5.11 Å². The summed E-state index contributed by atoms with van der Waals surface area (Å²) in [5.74, 6) is 0. The second-order valence-corrected chi connectivity index (χ2v) is 5.33. The highest BCUT2D eigenvalue weighted by atomic mass is 16.2. The molecule has 0 bridgehead atoms. The summed E-state index contributed by atoms with van der Waals surface area (Å²) in [5, 5.41) is 14.6. The van der Waals surface area contributed by atoms with E-state index in [2.05, 4.69) is 20.0 Å². The van der Waals surface area contributed by atoms with E-state index in [1.165, 1.54) is 19.3 Å². The van der Waals surface area contributed by atoms with Gasteiger partial charge in [0.25, 0.3) is 0 Å². The van der Waals surface area contributed by atoms with Gasteiger partial charge in [0.1, 0.15) is 12.5 Å². The summed E-state index contributed by atoms with van der Waals surface area (Å²) >= 11 is 0. The number of piperidine rings is 1. The number of aliphatic hydroxyl groups excluding tert-OH is 1. The number of likely N-dealkylation sites (tertiary alicyclic amines) is 1. The summed E-state index contributed by atoms with van der Waals surface area (Å²) in [7, 11) is 0. The van der Waals surface area contributed by atoms with Crippen LogP contribution in [0.15, 0.2) is 18.7 Å². The first kappa shape index (κ1) is 13.5. The van der Waals surface area contributed by atoms with E-state index in [-0.39, 0.29) is 12.8 Å². The molecular weight excluding hydrogens is 254 g/mol. The van der Waals surface area contributed by atoms with Crippen LogP contribution in [-0.2, 0) is 0 Å². The van der Waals surface area contributed by atoms with Gasteiger partial charge in [-0.1, -0.05) is 6.42 Å². The standard InChI is InChI=1S/C14H21N5O/c20-8-4-5-13(18-6-2-1-3-7-18)19-14-12(10-17-19)9-15-11-16-14/h9-11,13,20H,1-8H2. The van der Waals surface area contributed by atoms with Crippen molar-refractivity contribution in [3.05, 3.63) is 18.7 Å². The zero-order valence-electron chi connectivity index (χ0n) is 11.6. The van der Waals surface area contributed by atoms with Crippen LogP contribution in [0.2, 0.25) is 0 Å². The van der Waals surface area contributed by atoms with Crippen LogP contribution >= 0.6 is 0 Å². The van der Waals surface area contributed by atoms with Crippen molar-refractivity contribution in [2.45, 2.75) is 38.3 Å². The lowest BCUT2D eigenvalue weighted by atomic mass is 10.1. The Hall–Kier alpha value is -1.53. The molecule has 1 aliphatic heterocycles. The molecule has 3 rings (SSSR count). The summed E-state index contributed by atoms with van der Waals surface area (Å²) in [5.41, 5.74) is 0.883. The van der Waals surface area contributed by atoms with Crippen molar-refractivity contribution >= 4 is 11.0 Å². The van der Waals surface area contributed by atoms with Crippen molar-refractivity contribution in [1.29, 1.82) is 0 Å². The smallest absolute Gasteiger partial charge is 0.162 e. The van der Waals surface area contributed by atoms with Crippen molar-refractivity contribution in [1.82, 2.24) is 24.6 Å². The van der Waals surface area contributed by atoms with Gasteiger partial charge in [-0.25, -0.2) is 14.6 Å². The van der Waals surface area contributed by atoms with E-state index in [1.54, 1.807) is 12.5 Å². The third-order valence-corrected chi connectivity index (χ3v) is 3.97. The zero-order chi connectivity index (χ0) is 13.8. The minimum Gasteiger partial charge on any atom is -0.396 e. The maximum Gasteiger partial charge on any atom is 0.162 e. The Morgan fingerprint density at radius 1 is 1.20 bits per heavy atom. The van der Waals surface area contributed by atoms with Gasteiger partial charge in [-0.15, -0.1) is 0 Å². The first-order valence-electron chi connectivity index (χ1n) is 7.38. The first-order valence-corrected chi connectivity index (χ1v) is 7.38. The number of aliphatic hydroxyl groups is 1. The lowest BCUT2D eigenvalue weighted by Crippen LogP contribution is -2.37. The Bertz CT molecular complexity index is 549. The van der Waals surface area contributed by atoms with Crippen molar-refractivity contribution in [3.63, 3.8) is 0 Å². The Labute approximate surface area is 118 Å². The molecule has 20 heavy (non-hydrogen) atoms. The van der Waals surface area contributed by atoms with Crippen LogP contribution in [0, 0.1) is 0 Å². The van der Waals surface area contributed by atoms with E-state index < -0.39 is 0 Å². The lowest BCUT2D eigenvalue weighted by Gasteiger charge is -2.34. The fraction of sp³-hybridized carbons (Fsp3) is 0.643. The Morgan fingerprint density at radius 3 is 2.85 bits per heavy atom. The van der Waals surface area contributed by atoms with Crippen LogP contribution in [0.4, 0.5) is 0 Å². The Kier molecular flexibility index (Phi) is 4.22. The largest absolute Gasteiger partial charge is 0.396 e. The predicted octanol–water partition coefficient (Wildman–Crippen LogP) is 1.58. The van der Waals surface area contributed by atoms with Crippen LogP contribution in [-0.4, -0.2) is 49.5 Å². The highest BCUT2D eigenvalue weighted by Gasteiger charge is 2.24. The zero-order valence-corrected chi connectivity index (χ0v) is 11.6. The minimum atomic E-state index is 0.190. The topological polar surface area (TPSA) is 67.1 Å². The van der Waals surface area contributed by atoms with Crippen LogP contribution in [0.25, 0.3) is 11.0 Å². The van der Waals surface area contributed by atoms with Crippen molar-refractivity contribution in [3.8, 4) is 0 Å². The summed E-state index contributed by atoms with van der Waals surface area (Å²) in [4.78, 5) is 10.9. The van der Waals surface area contributed by atoms with E-state index in [0.29, 0.717) is 0 Å². The fourth-order valence-electron chi connectivity index (χ4n) is 2.96. The van der Waals surface area contributed by atoms with Gasteiger partial charge in [-0.05, 0) is 25.7 Å². The van der Waals surface area contributed by atoms with Gasteiger partial charge in [0, 0.05) is 25.9 Å². The molecule has 0 saturated carbocycles. The summed E-state index contributed by atoms with van der Waals surface area (Å²) < 4.78 is 2.00. The van der Waals surface area contributed by atoms with E-state index in [1.807, 2.05) is 10.9 Å². The number of rotatable bonds is 5. The molecule has 1 fully saturated rings. The number of hydrogen-bond acceptors (Lipinski definition) is 5. The lowest BCUT2D eigenvalue weighted by molar-refractivity contribution is 0.0914. The molecule has 0 amide bonds. The second-order valence-electron chi connectivity index (χ2n) is 5.33. The van der Waals surface area contributed by atoms with E-state index >= 15 is 0 Å². The van der Waals surface area contributed by atoms with Gasteiger partial charge < -0.3 is 5.11 Å². The maximum absolute atomic E-state index is 9.15. The molecule has 0 aromatic carbocycles. The average Bonchev–Trinajstić information content (AvgIpc) is 2.93. The highest BCUT2D eigenvalue weighted by Crippen LogP contribution is 2.25. The Balaban J connectivity index is 1.90.